The lowest BCUT2D eigenvalue weighted by molar-refractivity contribution is 0.119. The molecule has 0 heterocycles. The van der Waals surface area contributed by atoms with Crippen LogP contribution in [0, 0.1) is 5.82 Å². The van der Waals surface area contributed by atoms with E-state index in [1.807, 2.05) is 25.1 Å². The van der Waals surface area contributed by atoms with E-state index in [4.69, 9.17) is 9.84 Å². The van der Waals surface area contributed by atoms with Gasteiger partial charge in [0.05, 0.1) is 6.10 Å². The van der Waals surface area contributed by atoms with E-state index in [9.17, 15) is 9.18 Å². The fourth-order valence-electron chi connectivity index (χ4n) is 2.02. The molecular weight excluding hydrogens is 299 g/mol. The van der Waals surface area contributed by atoms with E-state index in [0.29, 0.717) is 11.3 Å². The lowest BCUT2D eigenvalue weighted by atomic mass is 10.1. The van der Waals surface area contributed by atoms with Crippen LogP contribution in [0.1, 0.15) is 24.2 Å². The number of methoxy groups -OCH3 is 1. The first-order valence-corrected chi connectivity index (χ1v) is 7.14. The molecule has 0 saturated carbocycles. The highest BCUT2D eigenvalue weighted by atomic mass is 19.1. The van der Waals surface area contributed by atoms with Gasteiger partial charge in [0.1, 0.15) is 0 Å². The molecule has 0 aliphatic carbocycles. The Bertz CT molecular complexity index is 691. The smallest absolute Gasteiger partial charge is 0.319 e. The van der Waals surface area contributed by atoms with Gasteiger partial charge in [-0.25, -0.2) is 9.18 Å². The average molecular weight is 318 g/mol. The number of carbonyl (C=O) groups is 1. The molecule has 0 radical (unpaired) electrons. The summed E-state index contributed by atoms with van der Waals surface area (Å²) in [5.41, 5.74) is 2.14. The lowest BCUT2D eigenvalue weighted by Crippen LogP contribution is -2.28. The molecule has 0 bridgehead atoms. The molecule has 0 saturated heterocycles. The summed E-state index contributed by atoms with van der Waals surface area (Å²) in [7, 11) is 1.62. The van der Waals surface area contributed by atoms with Gasteiger partial charge in [0.25, 0.3) is 0 Å². The van der Waals surface area contributed by atoms with Crippen LogP contribution in [-0.2, 0) is 11.3 Å². The minimum atomic E-state index is -0.717. The number of hydrogen-bond acceptors (Lipinski definition) is 3. The zero-order chi connectivity index (χ0) is 16.8. The second kappa shape index (κ2) is 7.60. The van der Waals surface area contributed by atoms with Gasteiger partial charge in [-0.15, -0.1) is 0 Å². The maximum atomic E-state index is 13.2. The lowest BCUT2D eigenvalue weighted by Gasteiger charge is -2.12. The number of anilines is 1. The first-order valence-electron chi connectivity index (χ1n) is 7.14. The van der Waals surface area contributed by atoms with Gasteiger partial charge in [0.2, 0.25) is 0 Å². The second-order valence-electron chi connectivity index (χ2n) is 5.10. The van der Waals surface area contributed by atoms with Crippen LogP contribution in [0.5, 0.6) is 5.75 Å². The SMILES string of the molecule is COC(C)c1cccc(NC(=O)NCc2ccc(O)c(F)c2)c1. The Morgan fingerprint density at radius 1 is 1.30 bits per heavy atom. The Morgan fingerprint density at radius 2 is 2.09 bits per heavy atom. The van der Waals surface area contributed by atoms with E-state index in [0.717, 1.165) is 5.56 Å². The minimum absolute atomic E-state index is 0.0696. The molecule has 0 aliphatic heterocycles. The molecule has 1 atom stereocenters. The zero-order valence-electron chi connectivity index (χ0n) is 13.0. The van der Waals surface area contributed by atoms with Crippen molar-refractivity contribution in [3.05, 3.63) is 59.4 Å². The number of urea groups is 1. The highest BCUT2D eigenvalue weighted by molar-refractivity contribution is 5.89. The third kappa shape index (κ3) is 4.69. The molecule has 122 valence electrons. The van der Waals surface area contributed by atoms with Gasteiger partial charge >= 0.3 is 6.03 Å². The predicted octanol–water partition coefficient (Wildman–Crippen LogP) is 3.56. The predicted molar refractivity (Wildman–Crippen MR) is 85.8 cm³/mol. The van der Waals surface area contributed by atoms with E-state index < -0.39 is 17.6 Å². The van der Waals surface area contributed by atoms with Crippen LogP contribution >= 0.6 is 0 Å². The fraction of sp³-hybridized carbons (Fsp3) is 0.235. The number of nitrogens with one attached hydrogen (secondary N) is 2. The molecule has 2 aromatic rings. The monoisotopic (exact) mass is 318 g/mol. The van der Waals surface area contributed by atoms with E-state index in [1.165, 1.54) is 12.1 Å². The van der Waals surface area contributed by atoms with Gasteiger partial charge in [-0.3, -0.25) is 0 Å². The van der Waals surface area contributed by atoms with Gasteiger partial charge in [-0.2, -0.15) is 0 Å². The van der Waals surface area contributed by atoms with Crippen LogP contribution in [0.25, 0.3) is 0 Å². The number of aromatic hydroxyl groups is 1. The fourth-order valence-corrected chi connectivity index (χ4v) is 2.02. The number of ether oxygens (including phenoxy) is 1. The van der Waals surface area contributed by atoms with Gasteiger partial charge in [-0.1, -0.05) is 18.2 Å². The molecule has 3 N–H and O–H groups in total. The molecule has 0 aliphatic rings. The Kier molecular flexibility index (Phi) is 5.54. The molecule has 0 aromatic heterocycles. The van der Waals surface area contributed by atoms with Gasteiger partial charge in [0, 0.05) is 19.3 Å². The second-order valence-corrected chi connectivity index (χ2v) is 5.10. The molecule has 23 heavy (non-hydrogen) atoms. The number of halogens is 1. The molecule has 1 unspecified atom stereocenters. The van der Waals surface area contributed by atoms with Crippen molar-refractivity contribution in [2.75, 3.05) is 12.4 Å². The van der Waals surface area contributed by atoms with Gasteiger partial charge in [-0.05, 0) is 42.3 Å². The number of phenolic OH excluding ortho intramolecular Hbond substituents is 1. The van der Waals surface area contributed by atoms with Crippen LogP contribution in [0.4, 0.5) is 14.9 Å². The van der Waals surface area contributed by atoms with E-state index in [1.54, 1.807) is 19.2 Å². The molecular formula is C17H19FN2O3. The van der Waals surface area contributed by atoms with Crippen LogP contribution in [0.15, 0.2) is 42.5 Å². The summed E-state index contributed by atoms with van der Waals surface area (Å²) in [6, 6.07) is 10.9. The summed E-state index contributed by atoms with van der Waals surface area (Å²) >= 11 is 0. The number of hydrogen-bond donors (Lipinski definition) is 3. The summed E-state index contributed by atoms with van der Waals surface area (Å²) in [5, 5.41) is 14.5. The minimum Gasteiger partial charge on any atom is -0.505 e. The van der Waals surface area contributed by atoms with Crippen LogP contribution in [0.2, 0.25) is 0 Å². The average Bonchev–Trinajstić information content (AvgIpc) is 2.55. The summed E-state index contributed by atoms with van der Waals surface area (Å²) < 4.78 is 18.5. The normalized spacial score (nSPS) is 11.8. The van der Waals surface area contributed by atoms with Crippen molar-refractivity contribution in [3.63, 3.8) is 0 Å². The van der Waals surface area contributed by atoms with Gasteiger partial charge in [0.15, 0.2) is 11.6 Å². The summed E-state index contributed by atoms with van der Waals surface area (Å²) in [4.78, 5) is 11.9. The highest BCUT2D eigenvalue weighted by Gasteiger charge is 2.07. The van der Waals surface area contributed by atoms with E-state index in [-0.39, 0.29) is 12.6 Å². The topological polar surface area (TPSA) is 70.6 Å². The van der Waals surface area contributed by atoms with Crippen molar-refractivity contribution in [1.29, 1.82) is 0 Å². The van der Waals surface area contributed by atoms with Gasteiger partial charge < -0.3 is 20.5 Å². The number of rotatable bonds is 5. The molecule has 0 spiro atoms. The largest absolute Gasteiger partial charge is 0.505 e. The third-order valence-corrected chi connectivity index (χ3v) is 3.43. The maximum absolute atomic E-state index is 13.2. The van der Waals surface area contributed by atoms with Crippen molar-refractivity contribution < 1.29 is 19.0 Å². The number of benzene rings is 2. The number of amides is 2. The molecule has 6 heteroatoms. The summed E-state index contributed by atoms with van der Waals surface area (Å²) in [5.74, 6) is -1.13. The van der Waals surface area contributed by atoms with Crippen LogP contribution in [-0.4, -0.2) is 18.2 Å². The maximum Gasteiger partial charge on any atom is 0.319 e. The Balaban J connectivity index is 1.93. The summed E-state index contributed by atoms with van der Waals surface area (Å²) in [6.07, 6.45) is -0.0696. The molecule has 5 nitrogen and oxygen atoms in total. The molecule has 2 rings (SSSR count). The molecule has 2 amide bonds. The standard InChI is InChI=1S/C17H19FN2O3/c1-11(23-2)13-4-3-5-14(9-13)20-17(22)19-10-12-6-7-16(21)15(18)8-12/h3-9,11,21H,10H2,1-2H3,(H2,19,20,22). The van der Waals surface area contributed by atoms with E-state index in [2.05, 4.69) is 10.6 Å². The quantitative estimate of drug-likeness (QED) is 0.789. The highest BCUT2D eigenvalue weighted by Crippen LogP contribution is 2.19. The first kappa shape index (κ1) is 16.8. The van der Waals surface area contributed by atoms with Crippen LogP contribution < -0.4 is 10.6 Å². The van der Waals surface area contributed by atoms with Crippen molar-refractivity contribution in [2.45, 2.75) is 19.6 Å². The first-order chi connectivity index (χ1) is 11.0. The van der Waals surface area contributed by atoms with Crippen LogP contribution in [0.3, 0.4) is 0 Å². The van der Waals surface area contributed by atoms with Crippen molar-refractivity contribution >= 4 is 11.7 Å². The van der Waals surface area contributed by atoms with Crippen molar-refractivity contribution in [1.82, 2.24) is 5.32 Å². The van der Waals surface area contributed by atoms with Crippen molar-refractivity contribution in [3.8, 4) is 5.75 Å². The Hall–Kier alpha value is -2.60. The molecule has 0 fully saturated rings. The van der Waals surface area contributed by atoms with Crippen molar-refractivity contribution in [2.24, 2.45) is 0 Å². The zero-order valence-corrected chi connectivity index (χ0v) is 13.0. The third-order valence-electron chi connectivity index (χ3n) is 3.43. The summed E-state index contributed by atoms with van der Waals surface area (Å²) in [6.45, 7) is 2.07. The number of phenols is 1. The number of carbonyl (C=O) groups excluding carboxylic acids is 1. The Morgan fingerprint density at radius 3 is 2.78 bits per heavy atom. The molecule has 2 aromatic carbocycles. The van der Waals surface area contributed by atoms with E-state index >= 15 is 0 Å². The Labute approximate surface area is 134 Å².